The first-order valence-corrected chi connectivity index (χ1v) is 11.5. The first kappa shape index (κ1) is 22.5. The molecule has 7 heteroatoms. The first-order chi connectivity index (χ1) is 14.9. The molecule has 0 aliphatic heterocycles. The van der Waals surface area contributed by atoms with Crippen LogP contribution in [0.25, 0.3) is 0 Å². The summed E-state index contributed by atoms with van der Waals surface area (Å²) in [6.45, 7) is 4.35. The second-order valence-corrected chi connectivity index (χ2v) is 8.82. The molecular formula is C24H26N2O4S. The molecule has 2 N–H and O–H groups in total. The lowest BCUT2D eigenvalue weighted by Gasteiger charge is -2.19. The average Bonchev–Trinajstić information content (AvgIpc) is 2.75. The van der Waals surface area contributed by atoms with Gasteiger partial charge in [0.1, 0.15) is 5.75 Å². The third-order valence-corrected chi connectivity index (χ3v) is 6.16. The lowest BCUT2D eigenvalue weighted by molar-refractivity contribution is -0.116. The molecular weight excluding hydrogens is 412 g/mol. The highest BCUT2D eigenvalue weighted by Gasteiger charge is 2.23. The van der Waals surface area contributed by atoms with E-state index in [9.17, 15) is 13.2 Å². The van der Waals surface area contributed by atoms with Crippen molar-refractivity contribution in [1.29, 1.82) is 0 Å². The zero-order chi connectivity index (χ0) is 22.3. The SMILES string of the molecule is CCOc1ccc(NC(=O)C[C@H](NS(=O)(=O)c2ccc(C)cc2)c2ccccc2)cc1. The Morgan fingerprint density at radius 1 is 0.935 bits per heavy atom. The van der Waals surface area contributed by atoms with Crippen LogP contribution < -0.4 is 14.8 Å². The van der Waals surface area contributed by atoms with Crippen LogP contribution in [0.4, 0.5) is 5.69 Å². The number of sulfonamides is 1. The standard InChI is InChI=1S/C24H26N2O4S/c1-3-30-21-13-11-20(12-14-21)25-24(27)17-23(19-7-5-4-6-8-19)26-31(28,29)22-15-9-18(2)10-16-22/h4-16,23,26H,3,17H2,1-2H3,(H,25,27)/t23-/m0/s1. The summed E-state index contributed by atoms with van der Waals surface area (Å²) in [5, 5.41) is 2.82. The van der Waals surface area contributed by atoms with E-state index in [1.807, 2.05) is 32.0 Å². The van der Waals surface area contributed by atoms with Crippen LogP contribution in [0.1, 0.15) is 30.5 Å². The number of ether oxygens (including phenoxy) is 1. The van der Waals surface area contributed by atoms with Crippen LogP contribution in [0.2, 0.25) is 0 Å². The van der Waals surface area contributed by atoms with Crippen LogP contribution in [-0.2, 0) is 14.8 Å². The number of anilines is 1. The van der Waals surface area contributed by atoms with Crippen molar-refractivity contribution in [1.82, 2.24) is 4.72 Å². The predicted octanol–water partition coefficient (Wildman–Crippen LogP) is 4.44. The number of hydrogen-bond donors (Lipinski definition) is 2. The molecule has 0 unspecified atom stereocenters. The Bertz CT molecular complexity index is 1100. The quantitative estimate of drug-likeness (QED) is 0.517. The van der Waals surface area contributed by atoms with Gasteiger partial charge in [-0.15, -0.1) is 0 Å². The number of carbonyl (C=O) groups is 1. The van der Waals surface area contributed by atoms with E-state index >= 15 is 0 Å². The predicted molar refractivity (Wildman–Crippen MR) is 122 cm³/mol. The maximum Gasteiger partial charge on any atom is 0.241 e. The van der Waals surface area contributed by atoms with E-state index in [0.717, 1.165) is 5.56 Å². The van der Waals surface area contributed by atoms with Gasteiger partial charge in [-0.1, -0.05) is 48.0 Å². The summed E-state index contributed by atoms with van der Waals surface area (Å²) >= 11 is 0. The van der Waals surface area contributed by atoms with Gasteiger partial charge < -0.3 is 10.1 Å². The van der Waals surface area contributed by atoms with Crippen molar-refractivity contribution in [3.8, 4) is 5.75 Å². The summed E-state index contributed by atoms with van der Waals surface area (Å²) in [6, 6.07) is 22.0. The van der Waals surface area contributed by atoms with Crippen molar-refractivity contribution >= 4 is 21.6 Å². The molecule has 0 saturated carbocycles. The van der Waals surface area contributed by atoms with E-state index in [-0.39, 0.29) is 17.2 Å². The fourth-order valence-corrected chi connectivity index (χ4v) is 4.31. The normalized spacial score (nSPS) is 12.2. The molecule has 162 valence electrons. The average molecular weight is 439 g/mol. The Morgan fingerprint density at radius 3 is 2.19 bits per heavy atom. The number of aryl methyl sites for hydroxylation is 1. The van der Waals surface area contributed by atoms with E-state index in [2.05, 4.69) is 10.0 Å². The zero-order valence-corrected chi connectivity index (χ0v) is 18.4. The number of nitrogens with one attached hydrogen (secondary N) is 2. The van der Waals surface area contributed by atoms with E-state index in [0.29, 0.717) is 23.6 Å². The minimum absolute atomic E-state index is 0.0533. The Balaban J connectivity index is 1.76. The summed E-state index contributed by atoms with van der Waals surface area (Å²) in [4.78, 5) is 12.9. The molecule has 0 bridgehead atoms. The molecule has 3 aromatic carbocycles. The first-order valence-electron chi connectivity index (χ1n) is 10.0. The number of amides is 1. The van der Waals surface area contributed by atoms with Gasteiger partial charge in [-0.2, -0.15) is 0 Å². The Hall–Kier alpha value is -3.16. The van der Waals surface area contributed by atoms with Crippen LogP contribution >= 0.6 is 0 Å². The van der Waals surface area contributed by atoms with Crippen molar-refractivity contribution in [2.75, 3.05) is 11.9 Å². The molecule has 0 saturated heterocycles. The molecule has 0 spiro atoms. The number of hydrogen-bond acceptors (Lipinski definition) is 4. The van der Waals surface area contributed by atoms with E-state index < -0.39 is 16.1 Å². The molecule has 0 radical (unpaired) electrons. The zero-order valence-electron chi connectivity index (χ0n) is 17.5. The van der Waals surface area contributed by atoms with Gasteiger partial charge in [0, 0.05) is 12.1 Å². The Morgan fingerprint density at radius 2 is 1.58 bits per heavy atom. The topological polar surface area (TPSA) is 84.5 Å². The molecule has 0 aliphatic carbocycles. The molecule has 1 amide bonds. The summed E-state index contributed by atoms with van der Waals surface area (Å²) in [6.07, 6.45) is -0.0533. The van der Waals surface area contributed by atoms with Crippen LogP contribution in [0.15, 0.2) is 83.8 Å². The summed E-state index contributed by atoms with van der Waals surface area (Å²) < 4.78 is 33.9. The molecule has 31 heavy (non-hydrogen) atoms. The van der Waals surface area contributed by atoms with Gasteiger partial charge in [0.05, 0.1) is 17.5 Å². The molecule has 1 atom stereocenters. The van der Waals surface area contributed by atoms with Gasteiger partial charge in [0.15, 0.2) is 0 Å². The fraction of sp³-hybridized carbons (Fsp3) is 0.208. The van der Waals surface area contributed by atoms with Gasteiger partial charge in [-0.25, -0.2) is 13.1 Å². The van der Waals surface area contributed by atoms with E-state index in [4.69, 9.17) is 4.74 Å². The smallest absolute Gasteiger partial charge is 0.241 e. The second-order valence-electron chi connectivity index (χ2n) is 7.11. The highest BCUT2D eigenvalue weighted by atomic mass is 32.2. The third kappa shape index (κ3) is 6.41. The fourth-order valence-electron chi connectivity index (χ4n) is 3.08. The molecule has 0 aliphatic rings. The lowest BCUT2D eigenvalue weighted by Crippen LogP contribution is -2.31. The van der Waals surface area contributed by atoms with Crippen LogP contribution in [0, 0.1) is 6.92 Å². The number of rotatable bonds is 9. The minimum Gasteiger partial charge on any atom is -0.494 e. The molecule has 3 aromatic rings. The molecule has 3 rings (SSSR count). The molecule has 0 heterocycles. The van der Waals surface area contributed by atoms with Gasteiger partial charge in [0.25, 0.3) is 0 Å². The Kier molecular flexibility index (Phi) is 7.44. The van der Waals surface area contributed by atoms with E-state index in [1.165, 1.54) is 0 Å². The Labute approximate surface area is 183 Å². The third-order valence-electron chi connectivity index (χ3n) is 4.67. The van der Waals surface area contributed by atoms with Crippen LogP contribution in [-0.4, -0.2) is 20.9 Å². The maximum atomic E-state index is 12.9. The summed E-state index contributed by atoms with van der Waals surface area (Å²) in [5.41, 5.74) is 2.29. The lowest BCUT2D eigenvalue weighted by atomic mass is 10.0. The largest absolute Gasteiger partial charge is 0.494 e. The monoisotopic (exact) mass is 438 g/mol. The van der Waals surface area contributed by atoms with Crippen molar-refractivity contribution < 1.29 is 17.9 Å². The van der Waals surface area contributed by atoms with Gasteiger partial charge in [-0.05, 0) is 55.8 Å². The van der Waals surface area contributed by atoms with Crippen molar-refractivity contribution in [2.45, 2.75) is 31.2 Å². The summed E-state index contributed by atoms with van der Waals surface area (Å²) in [7, 11) is -3.80. The molecule has 0 fully saturated rings. The molecule has 0 aromatic heterocycles. The van der Waals surface area contributed by atoms with Gasteiger partial charge in [0.2, 0.25) is 15.9 Å². The molecule has 6 nitrogen and oxygen atoms in total. The van der Waals surface area contributed by atoms with Crippen molar-refractivity contribution in [2.24, 2.45) is 0 Å². The summed E-state index contributed by atoms with van der Waals surface area (Å²) in [5.74, 6) is 0.415. The number of benzene rings is 3. The highest BCUT2D eigenvalue weighted by Crippen LogP contribution is 2.22. The van der Waals surface area contributed by atoms with Crippen LogP contribution in [0.5, 0.6) is 5.75 Å². The van der Waals surface area contributed by atoms with Gasteiger partial charge >= 0.3 is 0 Å². The van der Waals surface area contributed by atoms with Crippen molar-refractivity contribution in [3.63, 3.8) is 0 Å². The van der Waals surface area contributed by atoms with Gasteiger partial charge in [-0.3, -0.25) is 4.79 Å². The highest BCUT2D eigenvalue weighted by molar-refractivity contribution is 7.89. The minimum atomic E-state index is -3.80. The van der Waals surface area contributed by atoms with Crippen LogP contribution in [0.3, 0.4) is 0 Å². The van der Waals surface area contributed by atoms with E-state index in [1.54, 1.807) is 60.7 Å². The second kappa shape index (κ2) is 10.2. The number of carbonyl (C=O) groups excluding carboxylic acids is 1. The maximum absolute atomic E-state index is 12.9. The van der Waals surface area contributed by atoms with Crippen molar-refractivity contribution in [3.05, 3.63) is 90.0 Å².